The van der Waals surface area contributed by atoms with Crippen LogP contribution in [-0.2, 0) is 0 Å². The van der Waals surface area contributed by atoms with E-state index in [2.05, 4.69) is 26.4 Å². The van der Waals surface area contributed by atoms with E-state index in [1.807, 2.05) is 18.4 Å². The average Bonchev–Trinajstić information content (AvgIpc) is 2.76. The van der Waals surface area contributed by atoms with Crippen molar-refractivity contribution < 1.29 is 4.74 Å². The van der Waals surface area contributed by atoms with Crippen molar-refractivity contribution in [3.63, 3.8) is 0 Å². The number of hydrogen-bond donors (Lipinski definition) is 0. The first-order valence-corrected chi connectivity index (χ1v) is 6.71. The van der Waals surface area contributed by atoms with Crippen LogP contribution < -0.4 is 4.74 Å². The molecule has 0 saturated carbocycles. The largest absolute Gasteiger partial charge is 0.493 e. The van der Waals surface area contributed by atoms with Crippen LogP contribution in [0.3, 0.4) is 0 Å². The van der Waals surface area contributed by atoms with E-state index in [1.54, 1.807) is 6.07 Å². The standard InChI is InChI=1S/C11H8BrClNOS/c1-2-15-11-4-9(13)7(3-8(11)12)10-5-16-6-14-10/h3-5H,2H2,1H3. The molecule has 1 aromatic heterocycles. The molecule has 0 spiro atoms. The molecule has 0 saturated heterocycles. The van der Waals surface area contributed by atoms with Crippen molar-refractivity contribution in [2.75, 3.05) is 6.61 Å². The van der Waals surface area contributed by atoms with Crippen LogP contribution in [0.5, 0.6) is 5.75 Å². The first kappa shape index (κ1) is 11.9. The average molecular weight is 318 g/mol. The number of benzene rings is 1. The zero-order chi connectivity index (χ0) is 11.5. The predicted octanol–water partition coefficient (Wildman–Crippen LogP) is 4.42. The van der Waals surface area contributed by atoms with E-state index in [1.165, 1.54) is 11.3 Å². The molecule has 0 aliphatic carbocycles. The Kier molecular flexibility index (Phi) is 3.84. The lowest BCUT2D eigenvalue weighted by atomic mass is 10.1. The third-order valence-electron chi connectivity index (χ3n) is 1.99. The number of halogens is 2. The Hall–Kier alpha value is -0.580. The Morgan fingerprint density at radius 2 is 2.38 bits per heavy atom. The number of hydrogen-bond acceptors (Lipinski definition) is 3. The van der Waals surface area contributed by atoms with E-state index in [0.717, 1.165) is 21.5 Å². The van der Waals surface area contributed by atoms with E-state index in [0.29, 0.717) is 11.6 Å². The number of nitrogens with zero attached hydrogens (tertiary/aromatic N) is 1. The molecule has 1 heterocycles. The van der Waals surface area contributed by atoms with Crippen molar-refractivity contribution in [2.45, 2.75) is 6.92 Å². The molecule has 0 N–H and O–H groups in total. The summed E-state index contributed by atoms with van der Waals surface area (Å²) in [5, 5.41) is 2.54. The second-order valence-corrected chi connectivity index (χ2v) is 4.94. The highest BCUT2D eigenvalue weighted by Crippen LogP contribution is 2.36. The van der Waals surface area contributed by atoms with Crippen LogP contribution in [0.15, 0.2) is 22.0 Å². The second kappa shape index (κ2) is 5.17. The van der Waals surface area contributed by atoms with Crippen LogP contribution in [0, 0.1) is 5.51 Å². The molecule has 0 bridgehead atoms. The Morgan fingerprint density at radius 3 is 3.00 bits per heavy atom. The minimum Gasteiger partial charge on any atom is -0.493 e. The van der Waals surface area contributed by atoms with Crippen LogP contribution >= 0.6 is 38.9 Å². The second-order valence-electron chi connectivity index (χ2n) is 3.02. The van der Waals surface area contributed by atoms with Crippen molar-refractivity contribution in [1.82, 2.24) is 4.98 Å². The van der Waals surface area contributed by atoms with Crippen molar-refractivity contribution in [3.05, 3.63) is 32.5 Å². The minimum absolute atomic E-state index is 0.610. The van der Waals surface area contributed by atoms with Gasteiger partial charge in [-0.15, -0.1) is 11.3 Å². The van der Waals surface area contributed by atoms with Gasteiger partial charge in [0.1, 0.15) is 5.75 Å². The van der Waals surface area contributed by atoms with Crippen LogP contribution in [0.2, 0.25) is 5.02 Å². The minimum atomic E-state index is 0.610. The molecule has 0 aliphatic rings. The smallest absolute Gasteiger partial charge is 0.152 e. The Bertz CT molecular complexity index is 487. The molecule has 0 amide bonds. The fraction of sp³-hybridized carbons (Fsp3) is 0.182. The predicted molar refractivity (Wildman–Crippen MR) is 70.3 cm³/mol. The van der Waals surface area contributed by atoms with Gasteiger partial charge in [0, 0.05) is 17.0 Å². The number of aromatic nitrogens is 1. The monoisotopic (exact) mass is 316 g/mol. The molecule has 83 valence electrons. The topological polar surface area (TPSA) is 22.1 Å². The summed E-state index contributed by atoms with van der Waals surface area (Å²) >= 11 is 11.1. The van der Waals surface area contributed by atoms with Gasteiger partial charge in [-0.2, -0.15) is 0 Å². The molecule has 2 nitrogen and oxygen atoms in total. The normalized spacial score (nSPS) is 10.4. The zero-order valence-corrected chi connectivity index (χ0v) is 11.6. The lowest BCUT2D eigenvalue weighted by Gasteiger charge is -2.08. The van der Waals surface area contributed by atoms with Gasteiger partial charge in [0.25, 0.3) is 0 Å². The van der Waals surface area contributed by atoms with Crippen LogP contribution in [-0.4, -0.2) is 11.6 Å². The van der Waals surface area contributed by atoms with Gasteiger partial charge in [0.05, 0.1) is 21.8 Å². The highest BCUT2D eigenvalue weighted by Gasteiger charge is 2.10. The fourth-order valence-electron chi connectivity index (χ4n) is 1.30. The molecule has 0 fully saturated rings. The molecule has 0 aliphatic heterocycles. The number of ether oxygens (including phenoxy) is 1. The summed E-state index contributed by atoms with van der Waals surface area (Å²) in [6.07, 6.45) is 0. The summed E-state index contributed by atoms with van der Waals surface area (Å²) in [4.78, 5) is 4.11. The molecule has 1 radical (unpaired) electrons. The van der Waals surface area contributed by atoms with Crippen LogP contribution in [0.1, 0.15) is 6.92 Å². The van der Waals surface area contributed by atoms with Gasteiger partial charge >= 0.3 is 0 Å². The van der Waals surface area contributed by atoms with E-state index in [4.69, 9.17) is 16.3 Å². The van der Waals surface area contributed by atoms with E-state index in [-0.39, 0.29) is 0 Å². The summed E-state index contributed by atoms with van der Waals surface area (Å²) < 4.78 is 6.31. The maximum atomic E-state index is 6.18. The van der Waals surface area contributed by atoms with Gasteiger partial charge in [-0.05, 0) is 28.9 Å². The molecule has 1 aromatic carbocycles. The fourth-order valence-corrected chi connectivity index (χ4v) is 2.50. The number of thiazole rings is 1. The molecule has 0 unspecified atom stereocenters. The zero-order valence-electron chi connectivity index (χ0n) is 8.46. The van der Waals surface area contributed by atoms with Crippen molar-refractivity contribution in [3.8, 4) is 17.0 Å². The first-order valence-electron chi connectivity index (χ1n) is 4.66. The van der Waals surface area contributed by atoms with Crippen LogP contribution in [0.25, 0.3) is 11.3 Å². The Morgan fingerprint density at radius 1 is 1.56 bits per heavy atom. The third-order valence-corrected chi connectivity index (χ3v) is 3.46. The summed E-state index contributed by atoms with van der Waals surface area (Å²) in [5.74, 6) is 0.746. The Balaban J connectivity index is 2.46. The molecular formula is C11H8BrClNOS. The SMILES string of the molecule is CCOc1cc(Cl)c(-c2cs[c]n2)cc1Br. The Labute approximate surface area is 111 Å². The first-order chi connectivity index (χ1) is 7.72. The molecule has 2 aromatic rings. The molecule has 16 heavy (non-hydrogen) atoms. The summed E-state index contributed by atoms with van der Waals surface area (Å²) in [5.41, 5.74) is 4.52. The molecule has 2 rings (SSSR count). The lowest BCUT2D eigenvalue weighted by molar-refractivity contribution is 0.338. The van der Waals surface area contributed by atoms with Gasteiger partial charge in [-0.3, -0.25) is 0 Å². The van der Waals surface area contributed by atoms with Crippen molar-refractivity contribution in [1.29, 1.82) is 0 Å². The number of rotatable bonds is 3. The maximum Gasteiger partial charge on any atom is 0.152 e. The van der Waals surface area contributed by atoms with Crippen molar-refractivity contribution in [2.24, 2.45) is 0 Å². The summed E-state index contributed by atoms with van der Waals surface area (Å²) in [7, 11) is 0. The molecular weight excluding hydrogens is 310 g/mol. The summed E-state index contributed by atoms with van der Waals surface area (Å²) in [6, 6.07) is 3.71. The highest BCUT2D eigenvalue weighted by atomic mass is 79.9. The van der Waals surface area contributed by atoms with Gasteiger partial charge in [-0.1, -0.05) is 11.6 Å². The van der Waals surface area contributed by atoms with E-state index >= 15 is 0 Å². The van der Waals surface area contributed by atoms with Crippen LogP contribution in [0.4, 0.5) is 0 Å². The van der Waals surface area contributed by atoms with E-state index in [9.17, 15) is 0 Å². The van der Waals surface area contributed by atoms with Gasteiger partial charge in [0.2, 0.25) is 0 Å². The van der Waals surface area contributed by atoms with Crippen molar-refractivity contribution >= 4 is 38.9 Å². The lowest BCUT2D eigenvalue weighted by Crippen LogP contribution is -1.93. The maximum absolute atomic E-state index is 6.18. The third kappa shape index (κ3) is 2.39. The molecule has 5 heteroatoms. The van der Waals surface area contributed by atoms with Gasteiger partial charge < -0.3 is 4.74 Å². The summed E-state index contributed by atoms with van der Waals surface area (Å²) in [6.45, 7) is 2.54. The van der Waals surface area contributed by atoms with Gasteiger partial charge in [0.15, 0.2) is 5.51 Å². The quantitative estimate of drug-likeness (QED) is 0.835. The molecule has 0 atom stereocenters. The van der Waals surface area contributed by atoms with E-state index < -0.39 is 0 Å². The highest BCUT2D eigenvalue weighted by molar-refractivity contribution is 9.10. The van der Waals surface area contributed by atoms with Gasteiger partial charge in [-0.25, -0.2) is 4.98 Å².